The number of carbonyl (C=O) groups excluding carboxylic acids is 1. The van der Waals surface area contributed by atoms with Crippen molar-refractivity contribution in [3.63, 3.8) is 0 Å². The molecule has 3 aromatic rings. The first-order valence-electron chi connectivity index (χ1n) is 9.17. The molecule has 7 nitrogen and oxygen atoms in total. The van der Waals surface area contributed by atoms with Crippen LogP contribution in [0.1, 0.15) is 18.9 Å². The van der Waals surface area contributed by atoms with Gasteiger partial charge in [0, 0.05) is 49.5 Å². The van der Waals surface area contributed by atoms with E-state index in [1.807, 2.05) is 55.4 Å². The van der Waals surface area contributed by atoms with E-state index in [0.717, 1.165) is 40.8 Å². The normalized spacial score (nSPS) is 13.4. The smallest absolute Gasteiger partial charge is 0.234 e. The molecule has 2 aromatic heterocycles. The summed E-state index contributed by atoms with van der Waals surface area (Å²) < 4.78 is 2.15. The minimum Gasteiger partial charge on any atom is -0.378 e. The lowest BCUT2D eigenvalue weighted by atomic mass is 10.2. The summed E-state index contributed by atoms with van der Waals surface area (Å²) in [6, 6.07) is 12.1. The number of rotatable bonds is 7. The van der Waals surface area contributed by atoms with E-state index >= 15 is 0 Å². The minimum absolute atomic E-state index is 0.0570. The fraction of sp³-hybridized carbons (Fsp3) is 0.300. The van der Waals surface area contributed by atoms with Gasteiger partial charge in [-0.1, -0.05) is 11.8 Å². The third-order valence-corrected chi connectivity index (χ3v) is 5.46. The Morgan fingerprint density at radius 3 is 2.50 bits per heavy atom. The summed E-state index contributed by atoms with van der Waals surface area (Å²) in [4.78, 5) is 18.5. The van der Waals surface area contributed by atoms with Crippen molar-refractivity contribution in [1.82, 2.24) is 19.7 Å². The molecule has 0 spiro atoms. The highest BCUT2D eigenvalue weighted by Crippen LogP contribution is 2.40. The molecule has 1 aliphatic carbocycles. The van der Waals surface area contributed by atoms with Crippen LogP contribution in [0, 0.1) is 0 Å². The predicted molar refractivity (Wildman–Crippen MR) is 112 cm³/mol. The highest BCUT2D eigenvalue weighted by atomic mass is 32.2. The van der Waals surface area contributed by atoms with Crippen molar-refractivity contribution in [2.45, 2.75) is 24.0 Å². The van der Waals surface area contributed by atoms with Gasteiger partial charge in [0.05, 0.1) is 5.75 Å². The maximum atomic E-state index is 12.4. The Hall–Kier alpha value is -2.87. The first-order valence-corrected chi connectivity index (χ1v) is 10.2. The third kappa shape index (κ3) is 4.17. The first kappa shape index (κ1) is 18.5. The van der Waals surface area contributed by atoms with E-state index in [9.17, 15) is 4.79 Å². The maximum Gasteiger partial charge on any atom is 0.234 e. The number of nitrogens with zero attached hydrogens (tertiary/aromatic N) is 5. The summed E-state index contributed by atoms with van der Waals surface area (Å²) in [5.74, 6) is 1.07. The SMILES string of the molecule is CN(C)c1ccc(NC(=O)CSc2nnc(-c3ccncc3)n2C2CC2)cc1. The van der Waals surface area contributed by atoms with Crippen LogP contribution in [0.25, 0.3) is 11.4 Å². The molecule has 1 N–H and O–H groups in total. The van der Waals surface area contributed by atoms with E-state index in [4.69, 9.17) is 0 Å². The van der Waals surface area contributed by atoms with Gasteiger partial charge in [-0.15, -0.1) is 10.2 Å². The molecule has 0 atom stereocenters. The number of aromatic nitrogens is 4. The predicted octanol–water partition coefficient (Wildman–Crippen LogP) is 3.47. The van der Waals surface area contributed by atoms with Gasteiger partial charge in [0.25, 0.3) is 0 Å². The van der Waals surface area contributed by atoms with Crippen LogP contribution in [0.4, 0.5) is 11.4 Å². The molecule has 1 aromatic carbocycles. The second-order valence-electron chi connectivity index (χ2n) is 6.92. The lowest BCUT2D eigenvalue weighted by Gasteiger charge is -2.13. The molecule has 2 heterocycles. The van der Waals surface area contributed by atoms with Crippen LogP contribution in [0.15, 0.2) is 53.9 Å². The fourth-order valence-corrected chi connectivity index (χ4v) is 3.71. The van der Waals surface area contributed by atoms with Gasteiger partial charge in [-0.05, 0) is 49.2 Å². The molecule has 0 bridgehead atoms. The van der Waals surface area contributed by atoms with Gasteiger partial charge in [0.1, 0.15) is 0 Å². The molecule has 0 saturated heterocycles. The van der Waals surface area contributed by atoms with Gasteiger partial charge in [0.15, 0.2) is 11.0 Å². The molecular weight excluding hydrogens is 372 g/mol. The van der Waals surface area contributed by atoms with E-state index in [1.165, 1.54) is 11.8 Å². The van der Waals surface area contributed by atoms with E-state index in [2.05, 4.69) is 25.1 Å². The largest absolute Gasteiger partial charge is 0.378 e. The molecule has 1 aliphatic rings. The lowest BCUT2D eigenvalue weighted by molar-refractivity contribution is -0.113. The zero-order valence-corrected chi connectivity index (χ0v) is 16.7. The van der Waals surface area contributed by atoms with Crippen molar-refractivity contribution >= 4 is 29.0 Å². The summed E-state index contributed by atoms with van der Waals surface area (Å²) >= 11 is 1.42. The number of pyridine rings is 1. The van der Waals surface area contributed by atoms with Crippen LogP contribution in [-0.4, -0.2) is 45.5 Å². The lowest BCUT2D eigenvalue weighted by Crippen LogP contribution is -2.15. The molecule has 0 aliphatic heterocycles. The van der Waals surface area contributed by atoms with E-state index in [1.54, 1.807) is 12.4 Å². The van der Waals surface area contributed by atoms with Crippen molar-refractivity contribution in [3.8, 4) is 11.4 Å². The molecule has 1 saturated carbocycles. The van der Waals surface area contributed by atoms with Crippen LogP contribution in [-0.2, 0) is 4.79 Å². The van der Waals surface area contributed by atoms with Crippen LogP contribution in [0.2, 0.25) is 0 Å². The fourth-order valence-electron chi connectivity index (χ4n) is 2.91. The average molecular weight is 395 g/mol. The van der Waals surface area contributed by atoms with Gasteiger partial charge in [0.2, 0.25) is 5.91 Å². The maximum absolute atomic E-state index is 12.4. The standard InChI is InChI=1S/C20H22N6OS/c1-25(2)16-5-3-15(4-6-16)22-18(27)13-28-20-24-23-19(26(20)17-7-8-17)14-9-11-21-12-10-14/h3-6,9-12,17H,7-8,13H2,1-2H3,(H,22,27). The number of hydrogen-bond acceptors (Lipinski definition) is 6. The molecule has 8 heteroatoms. The summed E-state index contributed by atoms with van der Waals surface area (Å²) in [7, 11) is 3.97. The summed E-state index contributed by atoms with van der Waals surface area (Å²) in [5.41, 5.74) is 2.87. The number of hydrogen-bond donors (Lipinski definition) is 1. The minimum atomic E-state index is -0.0570. The Kier molecular flexibility index (Phi) is 5.29. The second kappa shape index (κ2) is 8.02. The van der Waals surface area contributed by atoms with Crippen molar-refractivity contribution in [2.24, 2.45) is 0 Å². The van der Waals surface area contributed by atoms with Crippen molar-refractivity contribution in [1.29, 1.82) is 0 Å². The number of thioether (sulfide) groups is 1. The Bertz CT molecular complexity index is 951. The molecule has 28 heavy (non-hydrogen) atoms. The van der Waals surface area contributed by atoms with Crippen LogP contribution < -0.4 is 10.2 Å². The average Bonchev–Trinajstić information content (AvgIpc) is 3.46. The van der Waals surface area contributed by atoms with Crippen molar-refractivity contribution in [2.75, 3.05) is 30.1 Å². The highest BCUT2D eigenvalue weighted by molar-refractivity contribution is 7.99. The third-order valence-electron chi connectivity index (χ3n) is 4.51. The second-order valence-corrected chi connectivity index (χ2v) is 7.86. The van der Waals surface area contributed by atoms with E-state index in [-0.39, 0.29) is 11.7 Å². The molecule has 1 amide bonds. The molecule has 0 unspecified atom stereocenters. The zero-order valence-electron chi connectivity index (χ0n) is 15.9. The molecule has 1 fully saturated rings. The van der Waals surface area contributed by atoms with Crippen LogP contribution in [0.3, 0.4) is 0 Å². The summed E-state index contributed by atoms with van der Waals surface area (Å²) in [5, 5.41) is 12.4. The molecular formula is C20H22N6OS. The zero-order chi connectivity index (χ0) is 19.5. The number of amides is 1. The molecule has 4 rings (SSSR count). The Labute approximate surface area is 168 Å². The summed E-state index contributed by atoms with van der Waals surface area (Å²) in [6.07, 6.45) is 5.74. The quantitative estimate of drug-likeness (QED) is 0.619. The van der Waals surface area contributed by atoms with Crippen molar-refractivity contribution in [3.05, 3.63) is 48.8 Å². The van der Waals surface area contributed by atoms with Crippen LogP contribution >= 0.6 is 11.8 Å². The summed E-state index contributed by atoms with van der Waals surface area (Å²) in [6.45, 7) is 0. The van der Waals surface area contributed by atoms with Gasteiger partial charge >= 0.3 is 0 Å². The Morgan fingerprint density at radius 2 is 1.86 bits per heavy atom. The molecule has 144 valence electrons. The Morgan fingerprint density at radius 1 is 1.14 bits per heavy atom. The van der Waals surface area contributed by atoms with Gasteiger partial charge in [-0.3, -0.25) is 14.3 Å². The number of carbonyl (C=O) groups is 1. The Balaban J connectivity index is 1.42. The topological polar surface area (TPSA) is 75.9 Å². The first-order chi connectivity index (χ1) is 13.6. The monoisotopic (exact) mass is 394 g/mol. The number of anilines is 2. The number of benzene rings is 1. The van der Waals surface area contributed by atoms with Gasteiger partial charge in [-0.2, -0.15) is 0 Å². The number of nitrogens with one attached hydrogen (secondary N) is 1. The van der Waals surface area contributed by atoms with E-state index < -0.39 is 0 Å². The molecule has 0 radical (unpaired) electrons. The van der Waals surface area contributed by atoms with Crippen molar-refractivity contribution < 1.29 is 4.79 Å². The van der Waals surface area contributed by atoms with E-state index in [0.29, 0.717) is 6.04 Å². The highest BCUT2D eigenvalue weighted by Gasteiger charge is 2.30. The van der Waals surface area contributed by atoms with Crippen LogP contribution in [0.5, 0.6) is 0 Å². The van der Waals surface area contributed by atoms with Gasteiger partial charge < -0.3 is 10.2 Å². The van der Waals surface area contributed by atoms with Gasteiger partial charge in [-0.25, -0.2) is 0 Å².